The Morgan fingerprint density at radius 3 is 2.67 bits per heavy atom. The fourth-order valence-electron chi connectivity index (χ4n) is 1.54. The maximum absolute atomic E-state index is 11.9. The van der Waals surface area contributed by atoms with Crippen molar-refractivity contribution in [3.63, 3.8) is 0 Å². The van der Waals surface area contributed by atoms with E-state index >= 15 is 0 Å². The van der Waals surface area contributed by atoms with E-state index in [9.17, 15) is 4.79 Å². The molecular formula is C13H20ClN3O. The first-order valence-corrected chi connectivity index (χ1v) is 6.49. The van der Waals surface area contributed by atoms with Crippen molar-refractivity contribution in [1.29, 1.82) is 0 Å². The number of carbonyl (C=O) groups is 1. The molecule has 1 rings (SSSR count). The minimum Gasteiger partial charge on any atom is -0.382 e. The Balaban J connectivity index is 2.56. The predicted molar refractivity (Wildman–Crippen MR) is 74.7 cm³/mol. The molecule has 0 aromatic carbocycles. The molecule has 100 valence electrons. The smallest absolute Gasteiger partial charge is 0.253 e. The zero-order chi connectivity index (χ0) is 13.7. The zero-order valence-corrected chi connectivity index (χ0v) is 11.8. The van der Waals surface area contributed by atoms with Crippen molar-refractivity contribution in [2.75, 3.05) is 5.73 Å². The van der Waals surface area contributed by atoms with Crippen molar-refractivity contribution in [1.82, 2.24) is 10.3 Å². The van der Waals surface area contributed by atoms with E-state index in [0.717, 1.165) is 12.8 Å². The first kappa shape index (κ1) is 14.8. The van der Waals surface area contributed by atoms with Gasteiger partial charge >= 0.3 is 0 Å². The molecule has 4 nitrogen and oxygen atoms in total. The molecule has 0 saturated carbocycles. The Morgan fingerprint density at radius 2 is 2.11 bits per heavy atom. The summed E-state index contributed by atoms with van der Waals surface area (Å²) in [7, 11) is 0. The van der Waals surface area contributed by atoms with Gasteiger partial charge in [-0.2, -0.15) is 0 Å². The minimum atomic E-state index is -0.166. The molecule has 0 aliphatic carbocycles. The standard InChI is InChI=1S/C13H20ClN3O/c1-8(2)4-5-9(3)17-13(18)10-6-11(14)12(15)16-7-10/h6-9H,4-5H2,1-3H3,(H2,15,16)(H,17,18). The molecule has 1 aromatic rings. The van der Waals surface area contributed by atoms with Crippen molar-refractivity contribution >= 4 is 23.3 Å². The van der Waals surface area contributed by atoms with E-state index in [1.165, 1.54) is 12.3 Å². The van der Waals surface area contributed by atoms with Gasteiger partial charge in [-0.25, -0.2) is 4.98 Å². The summed E-state index contributed by atoms with van der Waals surface area (Å²) in [4.78, 5) is 15.8. The fourth-order valence-corrected chi connectivity index (χ4v) is 1.70. The average molecular weight is 270 g/mol. The van der Waals surface area contributed by atoms with Crippen LogP contribution in [-0.2, 0) is 0 Å². The van der Waals surface area contributed by atoms with Gasteiger partial charge in [-0.1, -0.05) is 25.4 Å². The summed E-state index contributed by atoms with van der Waals surface area (Å²) in [6, 6.07) is 1.67. The van der Waals surface area contributed by atoms with Crippen molar-refractivity contribution in [2.24, 2.45) is 5.92 Å². The lowest BCUT2D eigenvalue weighted by molar-refractivity contribution is 0.0937. The molecule has 1 aromatic heterocycles. The number of carbonyl (C=O) groups excluding carboxylic acids is 1. The molecule has 1 amide bonds. The summed E-state index contributed by atoms with van der Waals surface area (Å²) in [6.07, 6.45) is 3.48. The van der Waals surface area contributed by atoms with Gasteiger partial charge in [-0.3, -0.25) is 4.79 Å². The number of amides is 1. The topological polar surface area (TPSA) is 68.0 Å². The Morgan fingerprint density at radius 1 is 1.44 bits per heavy atom. The molecule has 1 heterocycles. The molecule has 0 radical (unpaired) electrons. The van der Waals surface area contributed by atoms with Gasteiger partial charge in [0.2, 0.25) is 0 Å². The van der Waals surface area contributed by atoms with Gasteiger partial charge in [0.1, 0.15) is 5.82 Å². The van der Waals surface area contributed by atoms with Gasteiger partial charge in [0.25, 0.3) is 5.91 Å². The Hall–Kier alpha value is -1.29. The first-order chi connectivity index (χ1) is 8.40. The van der Waals surface area contributed by atoms with Crippen LogP contribution in [0, 0.1) is 5.92 Å². The third-order valence-electron chi connectivity index (χ3n) is 2.69. The van der Waals surface area contributed by atoms with E-state index in [0.29, 0.717) is 16.5 Å². The maximum Gasteiger partial charge on any atom is 0.253 e. The van der Waals surface area contributed by atoms with Gasteiger partial charge in [0.15, 0.2) is 0 Å². The van der Waals surface area contributed by atoms with Crippen molar-refractivity contribution < 1.29 is 4.79 Å². The highest BCUT2D eigenvalue weighted by atomic mass is 35.5. The van der Waals surface area contributed by atoms with Crippen LogP contribution in [0.25, 0.3) is 0 Å². The highest BCUT2D eigenvalue weighted by Crippen LogP contribution is 2.16. The predicted octanol–water partition coefficient (Wildman–Crippen LogP) is 2.87. The monoisotopic (exact) mass is 269 g/mol. The summed E-state index contributed by atoms with van der Waals surface area (Å²) in [6.45, 7) is 6.32. The second-order valence-electron chi connectivity index (χ2n) is 4.94. The first-order valence-electron chi connectivity index (χ1n) is 6.12. The van der Waals surface area contributed by atoms with E-state index in [1.54, 1.807) is 0 Å². The number of nitrogens with zero attached hydrogens (tertiary/aromatic N) is 1. The SMILES string of the molecule is CC(C)CCC(C)NC(=O)c1cnc(N)c(Cl)c1. The molecule has 1 unspecified atom stereocenters. The van der Waals surface area contributed by atoms with Crippen LogP contribution < -0.4 is 11.1 Å². The van der Waals surface area contributed by atoms with Crippen LogP contribution in [0.1, 0.15) is 44.0 Å². The fraction of sp³-hybridized carbons (Fsp3) is 0.538. The number of pyridine rings is 1. The van der Waals surface area contributed by atoms with E-state index in [2.05, 4.69) is 24.1 Å². The maximum atomic E-state index is 11.9. The van der Waals surface area contributed by atoms with Crippen LogP contribution in [0.3, 0.4) is 0 Å². The lowest BCUT2D eigenvalue weighted by Crippen LogP contribution is -2.32. The number of nitrogen functional groups attached to an aromatic ring is 1. The van der Waals surface area contributed by atoms with Crippen LogP contribution in [0.5, 0.6) is 0 Å². The lowest BCUT2D eigenvalue weighted by Gasteiger charge is -2.15. The van der Waals surface area contributed by atoms with Crippen molar-refractivity contribution in [3.8, 4) is 0 Å². The summed E-state index contributed by atoms with van der Waals surface area (Å²) in [5.74, 6) is 0.707. The molecule has 3 N–H and O–H groups in total. The van der Waals surface area contributed by atoms with Crippen LogP contribution in [0.2, 0.25) is 5.02 Å². The highest BCUT2D eigenvalue weighted by molar-refractivity contribution is 6.33. The summed E-state index contributed by atoms with van der Waals surface area (Å²) in [5.41, 5.74) is 5.93. The number of hydrogen-bond donors (Lipinski definition) is 2. The molecule has 0 aliphatic heterocycles. The van der Waals surface area contributed by atoms with Crippen LogP contribution in [-0.4, -0.2) is 16.9 Å². The normalized spacial score (nSPS) is 12.5. The molecule has 18 heavy (non-hydrogen) atoms. The largest absolute Gasteiger partial charge is 0.382 e. The molecule has 0 spiro atoms. The van der Waals surface area contributed by atoms with E-state index in [1.807, 2.05) is 6.92 Å². The second-order valence-corrected chi connectivity index (χ2v) is 5.34. The number of nitrogens with two attached hydrogens (primary N) is 1. The van der Waals surface area contributed by atoms with Gasteiger partial charge in [0.05, 0.1) is 10.6 Å². The number of halogens is 1. The second kappa shape index (κ2) is 6.59. The molecule has 0 saturated heterocycles. The number of nitrogens with one attached hydrogen (secondary N) is 1. The molecule has 0 aliphatic rings. The molecular weight excluding hydrogens is 250 g/mol. The minimum absolute atomic E-state index is 0.135. The van der Waals surface area contributed by atoms with Gasteiger partial charge in [-0.05, 0) is 31.7 Å². The Labute approximate surface area is 113 Å². The lowest BCUT2D eigenvalue weighted by atomic mass is 10.0. The third kappa shape index (κ3) is 4.53. The van der Waals surface area contributed by atoms with E-state index < -0.39 is 0 Å². The highest BCUT2D eigenvalue weighted by Gasteiger charge is 2.12. The van der Waals surface area contributed by atoms with Crippen LogP contribution >= 0.6 is 11.6 Å². The summed E-state index contributed by atoms with van der Waals surface area (Å²) >= 11 is 5.83. The van der Waals surface area contributed by atoms with Crippen molar-refractivity contribution in [3.05, 3.63) is 22.8 Å². The Kier molecular flexibility index (Phi) is 5.41. The van der Waals surface area contributed by atoms with Gasteiger partial charge in [0, 0.05) is 12.2 Å². The summed E-state index contributed by atoms with van der Waals surface area (Å²) < 4.78 is 0. The Bertz CT molecular complexity index is 421. The quantitative estimate of drug-likeness (QED) is 0.864. The number of hydrogen-bond acceptors (Lipinski definition) is 3. The van der Waals surface area contributed by atoms with Gasteiger partial charge in [-0.15, -0.1) is 0 Å². The third-order valence-corrected chi connectivity index (χ3v) is 2.99. The molecule has 0 fully saturated rings. The number of anilines is 1. The average Bonchev–Trinajstić information content (AvgIpc) is 2.30. The molecule has 0 bridgehead atoms. The van der Waals surface area contributed by atoms with E-state index in [-0.39, 0.29) is 17.8 Å². The van der Waals surface area contributed by atoms with Crippen LogP contribution in [0.15, 0.2) is 12.3 Å². The van der Waals surface area contributed by atoms with Crippen molar-refractivity contribution in [2.45, 2.75) is 39.7 Å². The van der Waals surface area contributed by atoms with Gasteiger partial charge < -0.3 is 11.1 Å². The molecule has 1 atom stereocenters. The zero-order valence-electron chi connectivity index (χ0n) is 11.0. The van der Waals surface area contributed by atoms with E-state index in [4.69, 9.17) is 17.3 Å². The number of rotatable bonds is 5. The molecule has 5 heteroatoms. The summed E-state index contributed by atoms with van der Waals surface area (Å²) in [5, 5.41) is 3.22. The van der Waals surface area contributed by atoms with Crippen LogP contribution in [0.4, 0.5) is 5.82 Å². The number of aromatic nitrogens is 1.